The zero-order valence-electron chi connectivity index (χ0n) is 7.29. The SMILES string of the molecule is O=S1(=O)C=CC(Nc2cccnn2)C1. The standard InChI is InChI=1S/C8H9N3O2S/c12-14(13)5-3-7(6-14)10-8-2-1-4-9-11-8/h1-5,7H,6H2,(H,10,11). The Morgan fingerprint density at radius 2 is 2.36 bits per heavy atom. The lowest BCUT2D eigenvalue weighted by Gasteiger charge is -2.08. The van der Waals surface area contributed by atoms with Crippen LogP contribution in [0.2, 0.25) is 0 Å². The summed E-state index contributed by atoms with van der Waals surface area (Å²) >= 11 is 0. The predicted octanol–water partition coefficient (Wildman–Crippen LogP) is 0.199. The molecule has 0 fully saturated rings. The summed E-state index contributed by atoms with van der Waals surface area (Å²) < 4.78 is 22.1. The van der Waals surface area contributed by atoms with Crippen molar-refractivity contribution in [1.29, 1.82) is 0 Å². The minimum Gasteiger partial charge on any atom is -0.361 e. The molecular weight excluding hydrogens is 202 g/mol. The highest BCUT2D eigenvalue weighted by atomic mass is 32.2. The minimum absolute atomic E-state index is 0.0869. The van der Waals surface area contributed by atoms with Crippen molar-refractivity contribution in [1.82, 2.24) is 10.2 Å². The highest BCUT2D eigenvalue weighted by Gasteiger charge is 2.21. The third kappa shape index (κ3) is 2.08. The highest BCUT2D eigenvalue weighted by Crippen LogP contribution is 2.12. The first-order valence-corrected chi connectivity index (χ1v) is 5.82. The zero-order valence-corrected chi connectivity index (χ0v) is 8.11. The first-order chi connectivity index (χ1) is 6.66. The number of rotatable bonds is 2. The van der Waals surface area contributed by atoms with Crippen LogP contribution in [-0.4, -0.2) is 30.4 Å². The van der Waals surface area contributed by atoms with Gasteiger partial charge in [0.05, 0.1) is 11.8 Å². The summed E-state index contributed by atoms with van der Waals surface area (Å²) in [6.07, 6.45) is 3.18. The molecule has 5 nitrogen and oxygen atoms in total. The topological polar surface area (TPSA) is 72.0 Å². The number of aromatic nitrogens is 2. The van der Waals surface area contributed by atoms with Gasteiger partial charge in [-0.3, -0.25) is 0 Å². The predicted molar refractivity (Wildman–Crippen MR) is 52.4 cm³/mol. The highest BCUT2D eigenvalue weighted by molar-refractivity contribution is 7.94. The van der Waals surface area contributed by atoms with Crippen LogP contribution in [0.25, 0.3) is 0 Å². The Bertz CT molecular complexity index is 441. The number of hydrogen-bond donors (Lipinski definition) is 1. The number of anilines is 1. The van der Waals surface area contributed by atoms with Gasteiger partial charge in [-0.1, -0.05) is 0 Å². The fraction of sp³-hybridized carbons (Fsp3) is 0.250. The van der Waals surface area contributed by atoms with E-state index in [1.54, 1.807) is 24.4 Å². The van der Waals surface area contributed by atoms with Crippen LogP contribution in [0.4, 0.5) is 5.82 Å². The van der Waals surface area contributed by atoms with Gasteiger partial charge in [0.1, 0.15) is 5.82 Å². The van der Waals surface area contributed by atoms with E-state index in [4.69, 9.17) is 0 Å². The molecule has 14 heavy (non-hydrogen) atoms. The molecule has 1 atom stereocenters. The van der Waals surface area contributed by atoms with Crippen molar-refractivity contribution in [2.24, 2.45) is 0 Å². The molecule has 1 aromatic rings. The summed E-state index contributed by atoms with van der Waals surface area (Å²) in [4.78, 5) is 0. The van der Waals surface area contributed by atoms with Crippen molar-refractivity contribution >= 4 is 15.7 Å². The lowest BCUT2D eigenvalue weighted by Crippen LogP contribution is -2.21. The van der Waals surface area contributed by atoms with Gasteiger partial charge in [0, 0.05) is 11.6 Å². The van der Waals surface area contributed by atoms with Crippen LogP contribution in [0.15, 0.2) is 29.8 Å². The summed E-state index contributed by atoms with van der Waals surface area (Å²) in [6, 6.07) is 3.28. The molecule has 1 unspecified atom stereocenters. The smallest absolute Gasteiger partial charge is 0.173 e. The molecule has 0 aromatic carbocycles. The van der Waals surface area contributed by atoms with Crippen LogP contribution in [0, 0.1) is 0 Å². The maximum absolute atomic E-state index is 11.1. The van der Waals surface area contributed by atoms with Gasteiger partial charge in [0.25, 0.3) is 0 Å². The van der Waals surface area contributed by atoms with E-state index in [0.717, 1.165) is 0 Å². The van der Waals surface area contributed by atoms with Crippen molar-refractivity contribution < 1.29 is 8.42 Å². The number of hydrogen-bond acceptors (Lipinski definition) is 5. The van der Waals surface area contributed by atoms with Crippen LogP contribution in [0.3, 0.4) is 0 Å². The second-order valence-corrected chi connectivity index (χ2v) is 4.95. The Balaban J connectivity index is 2.05. The lowest BCUT2D eigenvalue weighted by molar-refractivity contribution is 0.605. The van der Waals surface area contributed by atoms with Crippen LogP contribution >= 0.6 is 0 Å². The molecule has 2 heterocycles. The molecule has 0 saturated carbocycles. The third-order valence-electron chi connectivity index (χ3n) is 1.84. The Labute approximate surface area is 81.8 Å². The van der Waals surface area contributed by atoms with Crippen molar-refractivity contribution in [2.45, 2.75) is 6.04 Å². The summed E-state index contributed by atoms with van der Waals surface area (Å²) in [6.45, 7) is 0. The van der Waals surface area contributed by atoms with Crippen LogP contribution in [-0.2, 0) is 9.84 Å². The molecule has 1 aromatic heterocycles. The Kier molecular flexibility index (Phi) is 2.20. The first-order valence-electron chi connectivity index (χ1n) is 4.11. The number of nitrogens with one attached hydrogen (secondary N) is 1. The lowest BCUT2D eigenvalue weighted by atomic mass is 10.3. The van der Waals surface area contributed by atoms with Gasteiger partial charge >= 0.3 is 0 Å². The van der Waals surface area contributed by atoms with E-state index < -0.39 is 9.84 Å². The third-order valence-corrected chi connectivity index (χ3v) is 3.23. The molecule has 1 aliphatic heterocycles. The van der Waals surface area contributed by atoms with Crippen LogP contribution < -0.4 is 5.32 Å². The van der Waals surface area contributed by atoms with Crippen molar-refractivity contribution in [3.63, 3.8) is 0 Å². The molecule has 1 N–H and O–H groups in total. The molecule has 1 aliphatic rings. The summed E-state index contributed by atoms with van der Waals surface area (Å²) in [5, 5.41) is 11.7. The number of sulfone groups is 1. The first kappa shape index (κ1) is 9.14. The fourth-order valence-corrected chi connectivity index (χ4v) is 2.47. The maximum atomic E-state index is 11.1. The van der Waals surface area contributed by atoms with Crippen LogP contribution in [0.5, 0.6) is 0 Å². The monoisotopic (exact) mass is 211 g/mol. The molecule has 0 radical (unpaired) electrons. The van der Waals surface area contributed by atoms with Gasteiger partial charge in [-0.25, -0.2) is 8.42 Å². The second kappa shape index (κ2) is 3.38. The summed E-state index contributed by atoms with van der Waals surface area (Å²) in [7, 11) is -3.01. The molecule has 0 spiro atoms. The van der Waals surface area contributed by atoms with E-state index >= 15 is 0 Å². The van der Waals surface area contributed by atoms with E-state index in [2.05, 4.69) is 15.5 Å². The Morgan fingerprint density at radius 1 is 1.50 bits per heavy atom. The van der Waals surface area contributed by atoms with E-state index in [1.165, 1.54) is 5.41 Å². The maximum Gasteiger partial charge on any atom is 0.173 e. The molecule has 2 rings (SSSR count). The van der Waals surface area contributed by atoms with Crippen molar-refractivity contribution in [3.05, 3.63) is 29.8 Å². The normalized spacial score (nSPS) is 23.6. The summed E-state index contributed by atoms with van der Waals surface area (Å²) in [5.41, 5.74) is 0. The minimum atomic E-state index is -3.01. The van der Waals surface area contributed by atoms with Gasteiger partial charge in [-0.2, -0.15) is 5.10 Å². The van der Waals surface area contributed by atoms with Crippen molar-refractivity contribution in [2.75, 3.05) is 11.1 Å². The molecule has 6 heteroatoms. The van der Waals surface area contributed by atoms with Gasteiger partial charge in [0.15, 0.2) is 9.84 Å². The van der Waals surface area contributed by atoms with E-state index in [0.29, 0.717) is 5.82 Å². The summed E-state index contributed by atoms with van der Waals surface area (Å²) in [5.74, 6) is 0.670. The number of nitrogens with zero attached hydrogens (tertiary/aromatic N) is 2. The molecule has 0 saturated heterocycles. The Morgan fingerprint density at radius 3 is 2.93 bits per heavy atom. The van der Waals surface area contributed by atoms with Gasteiger partial charge in [0.2, 0.25) is 0 Å². The largest absolute Gasteiger partial charge is 0.361 e. The van der Waals surface area contributed by atoms with E-state index in [-0.39, 0.29) is 11.8 Å². The van der Waals surface area contributed by atoms with E-state index in [1.807, 2.05) is 0 Å². The average molecular weight is 211 g/mol. The average Bonchev–Trinajstić information content (AvgIpc) is 2.47. The van der Waals surface area contributed by atoms with Gasteiger partial charge in [-0.05, 0) is 18.2 Å². The molecule has 74 valence electrons. The zero-order chi connectivity index (χ0) is 10.0. The molecule has 0 aliphatic carbocycles. The van der Waals surface area contributed by atoms with E-state index in [9.17, 15) is 8.42 Å². The fourth-order valence-electron chi connectivity index (χ4n) is 1.23. The molecular formula is C8H9N3O2S. The second-order valence-electron chi connectivity index (χ2n) is 3.02. The van der Waals surface area contributed by atoms with Gasteiger partial charge < -0.3 is 5.32 Å². The molecule has 0 bridgehead atoms. The Hall–Kier alpha value is -1.43. The molecule has 0 amide bonds. The van der Waals surface area contributed by atoms with Crippen LogP contribution in [0.1, 0.15) is 0 Å². The van der Waals surface area contributed by atoms with Gasteiger partial charge in [-0.15, -0.1) is 5.10 Å². The van der Waals surface area contributed by atoms with Crippen molar-refractivity contribution in [3.8, 4) is 0 Å². The quantitative estimate of drug-likeness (QED) is 0.756.